The third-order valence-corrected chi connectivity index (χ3v) is 6.03. The average molecular weight is 314 g/mol. The van der Waals surface area contributed by atoms with Crippen LogP contribution in [0.25, 0.3) is 10.2 Å². The standard InChI is InChI=1S/C15H14N4S2/c16-6-2-3-10(7-17)8-20-14-13-11-4-1-5-12(11)21-15(13)19-9-18-14/h9-10H,1-5,8H2/t10-/m0/s1. The molecule has 0 radical (unpaired) electrons. The van der Waals surface area contributed by atoms with Gasteiger partial charge in [-0.3, -0.25) is 0 Å². The number of thiophene rings is 1. The van der Waals surface area contributed by atoms with Crippen LogP contribution in [-0.4, -0.2) is 15.7 Å². The molecule has 4 nitrogen and oxygen atoms in total. The van der Waals surface area contributed by atoms with E-state index in [1.165, 1.54) is 22.2 Å². The van der Waals surface area contributed by atoms with E-state index in [4.69, 9.17) is 10.5 Å². The maximum atomic E-state index is 9.16. The number of aryl methyl sites for hydroxylation is 2. The molecule has 0 spiro atoms. The van der Waals surface area contributed by atoms with Crippen molar-refractivity contribution in [3.05, 3.63) is 16.8 Å². The van der Waals surface area contributed by atoms with E-state index in [9.17, 15) is 0 Å². The second-order valence-corrected chi connectivity index (χ2v) is 7.14. The molecule has 2 aromatic heterocycles. The molecule has 0 fully saturated rings. The van der Waals surface area contributed by atoms with Gasteiger partial charge in [-0.15, -0.1) is 23.1 Å². The Morgan fingerprint density at radius 2 is 2.24 bits per heavy atom. The van der Waals surface area contributed by atoms with Crippen LogP contribution >= 0.6 is 23.1 Å². The molecule has 0 amide bonds. The number of nitriles is 2. The average Bonchev–Trinajstić information content (AvgIpc) is 3.08. The van der Waals surface area contributed by atoms with E-state index >= 15 is 0 Å². The van der Waals surface area contributed by atoms with E-state index in [1.807, 2.05) is 0 Å². The monoisotopic (exact) mass is 314 g/mol. The van der Waals surface area contributed by atoms with Crippen molar-refractivity contribution >= 4 is 33.3 Å². The predicted molar refractivity (Wildman–Crippen MR) is 84.1 cm³/mol. The highest BCUT2D eigenvalue weighted by Gasteiger charge is 2.21. The third kappa shape index (κ3) is 2.88. The first-order valence-electron chi connectivity index (χ1n) is 6.98. The maximum Gasteiger partial charge on any atom is 0.128 e. The van der Waals surface area contributed by atoms with Gasteiger partial charge in [0.25, 0.3) is 0 Å². The van der Waals surface area contributed by atoms with Crippen molar-refractivity contribution in [2.45, 2.75) is 37.1 Å². The van der Waals surface area contributed by atoms with E-state index in [2.05, 4.69) is 22.1 Å². The van der Waals surface area contributed by atoms with Crippen LogP contribution in [0.15, 0.2) is 11.4 Å². The molecule has 6 heteroatoms. The summed E-state index contributed by atoms with van der Waals surface area (Å²) in [6.45, 7) is 0. The molecule has 0 aromatic carbocycles. The van der Waals surface area contributed by atoms with E-state index in [1.54, 1.807) is 29.4 Å². The Bertz CT molecular complexity index is 738. The van der Waals surface area contributed by atoms with Crippen LogP contribution in [0.2, 0.25) is 0 Å². The van der Waals surface area contributed by atoms with Gasteiger partial charge in [0.1, 0.15) is 16.2 Å². The summed E-state index contributed by atoms with van der Waals surface area (Å²) < 4.78 is 0. The van der Waals surface area contributed by atoms with Crippen molar-refractivity contribution in [2.24, 2.45) is 5.92 Å². The van der Waals surface area contributed by atoms with Crippen molar-refractivity contribution in [2.75, 3.05) is 5.75 Å². The SMILES string of the molecule is N#CCC[C@@H](C#N)CSc1ncnc2sc3c(c12)CCC3. The van der Waals surface area contributed by atoms with Gasteiger partial charge in [-0.25, -0.2) is 9.97 Å². The molecule has 106 valence electrons. The quantitative estimate of drug-likeness (QED) is 0.621. The second-order valence-electron chi connectivity index (χ2n) is 5.05. The fourth-order valence-corrected chi connectivity index (χ4v) is 4.99. The summed E-state index contributed by atoms with van der Waals surface area (Å²) in [6, 6.07) is 4.39. The Hall–Kier alpha value is -1.63. The first kappa shape index (κ1) is 14.3. The minimum atomic E-state index is -0.0913. The van der Waals surface area contributed by atoms with Gasteiger partial charge in [-0.05, 0) is 31.2 Å². The lowest BCUT2D eigenvalue weighted by atomic mass is 10.1. The Morgan fingerprint density at radius 3 is 3.05 bits per heavy atom. The summed E-state index contributed by atoms with van der Waals surface area (Å²) in [5.41, 5.74) is 1.42. The van der Waals surface area contributed by atoms with Crippen molar-refractivity contribution in [1.29, 1.82) is 10.5 Å². The highest BCUT2D eigenvalue weighted by Crippen LogP contribution is 2.40. The Kier molecular flexibility index (Phi) is 4.38. The Morgan fingerprint density at radius 1 is 1.33 bits per heavy atom. The zero-order valence-electron chi connectivity index (χ0n) is 11.5. The predicted octanol–water partition coefficient (Wildman–Crippen LogP) is 3.72. The number of aromatic nitrogens is 2. The molecule has 2 heterocycles. The fraction of sp³-hybridized carbons (Fsp3) is 0.467. The summed E-state index contributed by atoms with van der Waals surface area (Å²) in [6.07, 6.45) is 6.18. The summed E-state index contributed by atoms with van der Waals surface area (Å²) >= 11 is 3.41. The number of thioether (sulfide) groups is 1. The lowest BCUT2D eigenvalue weighted by Gasteiger charge is -2.07. The topological polar surface area (TPSA) is 73.4 Å². The number of nitrogens with zero attached hydrogens (tertiary/aromatic N) is 4. The van der Waals surface area contributed by atoms with Gasteiger partial charge in [0.05, 0.1) is 18.1 Å². The molecular formula is C15H14N4S2. The van der Waals surface area contributed by atoms with E-state index in [0.717, 1.165) is 22.7 Å². The molecule has 0 aliphatic heterocycles. The summed E-state index contributed by atoms with van der Waals surface area (Å²) in [4.78, 5) is 11.3. The lowest BCUT2D eigenvalue weighted by molar-refractivity contribution is 0.685. The molecule has 0 unspecified atom stereocenters. The molecule has 0 saturated carbocycles. The van der Waals surface area contributed by atoms with E-state index in [0.29, 0.717) is 18.6 Å². The lowest BCUT2D eigenvalue weighted by Crippen LogP contribution is -2.01. The second kappa shape index (κ2) is 6.43. The molecule has 2 aromatic rings. The Balaban J connectivity index is 1.81. The molecular weight excluding hydrogens is 300 g/mol. The first-order valence-corrected chi connectivity index (χ1v) is 8.78. The number of hydrogen-bond donors (Lipinski definition) is 0. The normalized spacial score (nSPS) is 14.6. The Labute approximate surface area is 131 Å². The highest BCUT2D eigenvalue weighted by molar-refractivity contribution is 7.99. The molecule has 21 heavy (non-hydrogen) atoms. The van der Waals surface area contributed by atoms with Crippen LogP contribution in [0.4, 0.5) is 0 Å². The molecule has 0 bridgehead atoms. The molecule has 1 aliphatic rings. The number of fused-ring (bicyclic) bond motifs is 3. The van der Waals surface area contributed by atoms with Gasteiger partial charge in [0, 0.05) is 22.4 Å². The third-order valence-electron chi connectivity index (χ3n) is 3.67. The van der Waals surface area contributed by atoms with Gasteiger partial charge < -0.3 is 0 Å². The fourth-order valence-electron chi connectivity index (χ4n) is 2.61. The smallest absolute Gasteiger partial charge is 0.128 e. The van der Waals surface area contributed by atoms with Crippen LogP contribution in [0.3, 0.4) is 0 Å². The molecule has 1 aliphatic carbocycles. The van der Waals surface area contributed by atoms with Crippen LogP contribution in [0.1, 0.15) is 29.7 Å². The van der Waals surface area contributed by atoms with Crippen molar-refractivity contribution in [3.63, 3.8) is 0 Å². The van der Waals surface area contributed by atoms with Gasteiger partial charge >= 0.3 is 0 Å². The van der Waals surface area contributed by atoms with Gasteiger partial charge in [-0.2, -0.15) is 10.5 Å². The molecule has 0 N–H and O–H groups in total. The first-order chi connectivity index (χ1) is 10.3. The summed E-state index contributed by atoms with van der Waals surface area (Å²) in [7, 11) is 0. The zero-order valence-corrected chi connectivity index (χ0v) is 13.1. The molecule has 3 rings (SSSR count). The van der Waals surface area contributed by atoms with Gasteiger partial charge in [0.15, 0.2) is 0 Å². The highest BCUT2D eigenvalue weighted by atomic mass is 32.2. The zero-order chi connectivity index (χ0) is 14.7. The molecule has 0 saturated heterocycles. The minimum absolute atomic E-state index is 0.0913. The van der Waals surface area contributed by atoms with Gasteiger partial charge in [0.2, 0.25) is 0 Å². The minimum Gasteiger partial charge on any atom is -0.229 e. The summed E-state index contributed by atoms with van der Waals surface area (Å²) in [5, 5.41) is 20.0. The van der Waals surface area contributed by atoms with Crippen LogP contribution in [-0.2, 0) is 12.8 Å². The number of rotatable bonds is 5. The van der Waals surface area contributed by atoms with Crippen molar-refractivity contribution in [1.82, 2.24) is 9.97 Å². The van der Waals surface area contributed by atoms with E-state index < -0.39 is 0 Å². The van der Waals surface area contributed by atoms with Gasteiger partial charge in [-0.1, -0.05) is 0 Å². The van der Waals surface area contributed by atoms with Crippen LogP contribution in [0.5, 0.6) is 0 Å². The van der Waals surface area contributed by atoms with E-state index in [-0.39, 0.29) is 5.92 Å². The van der Waals surface area contributed by atoms with Crippen LogP contribution in [0, 0.1) is 28.6 Å². The molecule has 1 atom stereocenters. The van der Waals surface area contributed by atoms with Crippen molar-refractivity contribution in [3.8, 4) is 12.1 Å². The van der Waals surface area contributed by atoms with Crippen molar-refractivity contribution < 1.29 is 0 Å². The summed E-state index contributed by atoms with van der Waals surface area (Å²) in [5.74, 6) is 0.598. The maximum absolute atomic E-state index is 9.16. The largest absolute Gasteiger partial charge is 0.229 e. The van der Waals surface area contributed by atoms with Crippen LogP contribution < -0.4 is 0 Å². The number of hydrogen-bond acceptors (Lipinski definition) is 6.